The second-order valence-electron chi connectivity index (χ2n) is 5.40. The van der Waals surface area contributed by atoms with Crippen molar-refractivity contribution in [1.82, 2.24) is 4.31 Å². The fraction of sp³-hybridized carbons (Fsp3) is 0.571. The zero-order valence-electron chi connectivity index (χ0n) is 12.4. The van der Waals surface area contributed by atoms with Gasteiger partial charge in [0.15, 0.2) is 0 Å². The molecule has 5 nitrogen and oxygen atoms in total. The van der Waals surface area contributed by atoms with E-state index in [0.29, 0.717) is 24.3 Å². The number of ether oxygens (including phenoxy) is 1. The van der Waals surface area contributed by atoms with Crippen LogP contribution in [0, 0.1) is 13.8 Å². The molecule has 6 heteroatoms. The van der Waals surface area contributed by atoms with Gasteiger partial charge in [0.25, 0.3) is 0 Å². The van der Waals surface area contributed by atoms with Crippen molar-refractivity contribution >= 4 is 15.7 Å². The van der Waals surface area contributed by atoms with E-state index in [9.17, 15) is 8.42 Å². The summed E-state index contributed by atoms with van der Waals surface area (Å²) >= 11 is 0. The number of benzene rings is 1. The van der Waals surface area contributed by atoms with Crippen molar-refractivity contribution in [2.75, 3.05) is 19.4 Å². The van der Waals surface area contributed by atoms with E-state index in [4.69, 9.17) is 10.5 Å². The van der Waals surface area contributed by atoms with Gasteiger partial charge in [0.2, 0.25) is 10.0 Å². The number of hydrogen-bond donors (Lipinski definition) is 1. The average Bonchev–Trinajstić information content (AvgIpc) is 2.79. The summed E-state index contributed by atoms with van der Waals surface area (Å²) in [6.45, 7) is 6.07. The Morgan fingerprint density at radius 1 is 1.30 bits per heavy atom. The van der Waals surface area contributed by atoms with E-state index in [1.165, 1.54) is 4.31 Å². The highest BCUT2D eigenvalue weighted by Gasteiger charge is 2.36. The second-order valence-corrected chi connectivity index (χ2v) is 7.33. The highest BCUT2D eigenvalue weighted by Crippen LogP contribution is 2.31. The molecule has 2 atom stereocenters. The summed E-state index contributed by atoms with van der Waals surface area (Å²) in [5.41, 5.74) is 7.79. The maximum atomic E-state index is 12.8. The quantitative estimate of drug-likeness (QED) is 0.862. The molecule has 1 aliphatic rings. The van der Waals surface area contributed by atoms with E-state index in [1.807, 2.05) is 19.9 Å². The van der Waals surface area contributed by atoms with Crippen LogP contribution in [0.2, 0.25) is 0 Å². The number of nitrogens with zero attached hydrogens (tertiary/aromatic N) is 1. The van der Waals surface area contributed by atoms with Gasteiger partial charge in [0, 0.05) is 13.7 Å². The lowest BCUT2D eigenvalue weighted by molar-refractivity contribution is 0.102. The van der Waals surface area contributed by atoms with E-state index in [0.717, 1.165) is 5.56 Å². The van der Waals surface area contributed by atoms with Gasteiger partial charge in [-0.1, -0.05) is 12.1 Å². The first-order chi connectivity index (χ1) is 9.26. The fourth-order valence-corrected chi connectivity index (χ4v) is 4.50. The number of sulfonamides is 1. The number of aryl methyl sites for hydroxylation is 2. The van der Waals surface area contributed by atoms with E-state index in [-0.39, 0.29) is 17.0 Å². The molecule has 1 aliphatic heterocycles. The molecule has 1 fully saturated rings. The van der Waals surface area contributed by atoms with Crippen LogP contribution in [0.4, 0.5) is 5.69 Å². The number of rotatable bonds is 3. The Balaban J connectivity index is 2.48. The molecule has 1 saturated heterocycles. The summed E-state index contributed by atoms with van der Waals surface area (Å²) in [7, 11) is -2.01. The van der Waals surface area contributed by atoms with E-state index < -0.39 is 10.0 Å². The molecule has 0 bridgehead atoms. The van der Waals surface area contributed by atoms with Crippen LogP contribution in [0.25, 0.3) is 0 Å². The first kappa shape index (κ1) is 15.3. The standard InChI is InChI=1S/C14H22N2O3S/c1-9-5-6-10(2)14(13(9)15)20(17,18)16(4)12-7-8-19-11(12)3/h5-6,11-12H,7-8,15H2,1-4H3. The van der Waals surface area contributed by atoms with Crippen molar-refractivity contribution in [2.24, 2.45) is 0 Å². The molecule has 112 valence electrons. The minimum Gasteiger partial charge on any atom is -0.397 e. The molecule has 0 aliphatic carbocycles. The smallest absolute Gasteiger partial charge is 0.245 e. The SMILES string of the molecule is Cc1ccc(C)c(S(=O)(=O)N(C)C2CCOC2C)c1N. The summed E-state index contributed by atoms with van der Waals surface area (Å²) in [6, 6.07) is 3.49. The van der Waals surface area contributed by atoms with E-state index in [1.54, 1.807) is 20.0 Å². The molecule has 2 rings (SSSR count). The molecule has 1 aromatic rings. The van der Waals surface area contributed by atoms with Crippen molar-refractivity contribution in [3.63, 3.8) is 0 Å². The van der Waals surface area contributed by atoms with Crippen molar-refractivity contribution in [3.8, 4) is 0 Å². The zero-order chi connectivity index (χ0) is 15.1. The molecule has 2 unspecified atom stereocenters. The van der Waals surface area contributed by atoms with Crippen molar-refractivity contribution in [1.29, 1.82) is 0 Å². The van der Waals surface area contributed by atoms with Gasteiger partial charge in [-0.15, -0.1) is 0 Å². The third kappa shape index (κ3) is 2.43. The summed E-state index contributed by atoms with van der Waals surface area (Å²) < 4.78 is 32.6. The largest absolute Gasteiger partial charge is 0.397 e. The number of nitrogen functional groups attached to an aromatic ring is 1. The van der Waals surface area contributed by atoms with Crippen LogP contribution in [-0.2, 0) is 14.8 Å². The molecule has 0 amide bonds. The molecule has 2 N–H and O–H groups in total. The van der Waals surface area contributed by atoms with Crippen LogP contribution >= 0.6 is 0 Å². The van der Waals surface area contributed by atoms with Gasteiger partial charge in [0.1, 0.15) is 4.90 Å². The molecule has 0 saturated carbocycles. The number of likely N-dealkylation sites (N-methyl/N-ethyl adjacent to an activating group) is 1. The monoisotopic (exact) mass is 298 g/mol. The Bertz CT molecular complexity index is 613. The van der Waals surface area contributed by atoms with Gasteiger partial charge in [-0.25, -0.2) is 8.42 Å². The van der Waals surface area contributed by atoms with Crippen LogP contribution < -0.4 is 5.73 Å². The Morgan fingerprint density at radius 3 is 2.45 bits per heavy atom. The van der Waals surface area contributed by atoms with Crippen LogP contribution in [0.5, 0.6) is 0 Å². The van der Waals surface area contributed by atoms with E-state index >= 15 is 0 Å². The lowest BCUT2D eigenvalue weighted by Gasteiger charge is -2.27. The highest BCUT2D eigenvalue weighted by molar-refractivity contribution is 7.89. The Morgan fingerprint density at radius 2 is 1.90 bits per heavy atom. The van der Waals surface area contributed by atoms with Crippen molar-refractivity contribution in [2.45, 2.75) is 44.2 Å². The van der Waals surface area contributed by atoms with Crippen LogP contribution in [-0.4, -0.2) is 38.5 Å². The fourth-order valence-electron chi connectivity index (χ4n) is 2.67. The molecule has 20 heavy (non-hydrogen) atoms. The summed E-state index contributed by atoms with van der Waals surface area (Å²) in [5.74, 6) is 0. The van der Waals surface area contributed by atoms with Gasteiger partial charge in [-0.2, -0.15) is 4.31 Å². The first-order valence-electron chi connectivity index (χ1n) is 6.72. The number of nitrogens with two attached hydrogens (primary N) is 1. The Kier molecular flexibility index (Phi) is 4.09. The van der Waals surface area contributed by atoms with Crippen molar-refractivity contribution in [3.05, 3.63) is 23.3 Å². The highest BCUT2D eigenvalue weighted by atomic mass is 32.2. The van der Waals surface area contributed by atoms with Crippen molar-refractivity contribution < 1.29 is 13.2 Å². The van der Waals surface area contributed by atoms with Gasteiger partial charge in [0.05, 0.1) is 17.8 Å². The van der Waals surface area contributed by atoms with Gasteiger partial charge >= 0.3 is 0 Å². The molecule has 0 radical (unpaired) electrons. The molecule has 0 spiro atoms. The predicted octanol–water partition coefficient (Wildman–Crippen LogP) is 1.68. The van der Waals surface area contributed by atoms with E-state index in [2.05, 4.69) is 0 Å². The first-order valence-corrected chi connectivity index (χ1v) is 8.16. The summed E-state index contributed by atoms with van der Waals surface area (Å²) in [5, 5.41) is 0. The maximum Gasteiger partial charge on any atom is 0.245 e. The van der Waals surface area contributed by atoms with Gasteiger partial charge in [-0.3, -0.25) is 0 Å². The van der Waals surface area contributed by atoms with Crippen LogP contribution in [0.1, 0.15) is 24.5 Å². The average molecular weight is 298 g/mol. The lowest BCUT2D eigenvalue weighted by atomic mass is 10.1. The Hall–Kier alpha value is -1.11. The summed E-state index contributed by atoms with van der Waals surface area (Å²) in [6.07, 6.45) is 0.614. The predicted molar refractivity (Wildman–Crippen MR) is 79.1 cm³/mol. The topological polar surface area (TPSA) is 72.6 Å². The zero-order valence-corrected chi connectivity index (χ0v) is 13.2. The minimum atomic E-state index is -3.61. The third-order valence-electron chi connectivity index (χ3n) is 4.05. The number of anilines is 1. The molecular formula is C14H22N2O3S. The van der Waals surface area contributed by atoms with Gasteiger partial charge in [-0.05, 0) is 38.3 Å². The lowest BCUT2D eigenvalue weighted by Crippen LogP contribution is -2.41. The Labute approximate surface area is 120 Å². The molecule has 1 aromatic carbocycles. The van der Waals surface area contributed by atoms with Crippen LogP contribution in [0.3, 0.4) is 0 Å². The normalized spacial score (nSPS) is 23.4. The maximum absolute atomic E-state index is 12.8. The number of hydrogen-bond acceptors (Lipinski definition) is 4. The van der Waals surface area contributed by atoms with Crippen LogP contribution in [0.15, 0.2) is 17.0 Å². The van der Waals surface area contributed by atoms with Gasteiger partial charge < -0.3 is 10.5 Å². The molecular weight excluding hydrogens is 276 g/mol. The third-order valence-corrected chi connectivity index (χ3v) is 6.14. The molecule has 0 aromatic heterocycles. The molecule has 1 heterocycles. The summed E-state index contributed by atoms with van der Waals surface area (Å²) in [4.78, 5) is 0.221. The second kappa shape index (κ2) is 5.35. The minimum absolute atomic E-state index is 0.0962.